The summed E-state index contributed by atoms with van der Waals surface area (Å²) in [5.41, 5.74) is 0. The number of carbonyl (C=O) groups excluding carboxylic acids is 1. The van der Waals surface area contributed by atoms with Crippen molar-refractivity contribution in [1.82, 2.24) is 0 Å². The Morgan fingerprint density at radius 2 is 1.39 bits per heavy atom. The van der Waals surface area contributed by atoms with Crippen LogP contribution in [-0.4, -0.2) is 12.1 Å². The molecule has 2 nitrogen and oxygen atoms in total. The second-order valence-corrected chi connectivity index (χ2v) is 5.29. The van der Waals surface area contributed by atoms with Crippen molar-refractivity contribution in [1.29, 1.82) is 0 Å². The first-order valence-electron chi connectivity index (χ1n) is 7.90. The molecule has 0 N–H and O–H groups in total. The summed E-state index contributed by atoms with van der Waals surface area (Å²) in [7, 11) is 0. The fourth-order valence-electron chi connectivity index (χ4n) is 1.95. The van der Waals surface area contributed by atoms with Crippen LogP contribution >= 0.6 is 0 Å². The smallest absolute Gasteiger partial charge is 0.306 e. The van der Waals surface area contributed by atoms with Crippen LogP contribution in [0.5, 0.6) is 0 Å². The first kappa shape index (κ1) is 17.5. The Bertz CT molecular complexity index is 190. The van der Waals surface area contributed by atoms with Gasteiger partial charge in [0.2, 0.25) is 0 Å². The van der Waals surface area contributed by atoms with Crippen molar-refractivity contribution in [3.05, 3.63) is 0 Å². The first-order chi connectivity index (χ1) is 8.70. The quantitative estimate of drug-likeness (QED) is 0.352. The standard InChI is InChI=1S/C16H32O2/c1-4-6-7-8-9-10-11-12-13-14-16(17)18-15(3)5-2/h15H,4-14H2,1-3H3/t15-/m0/s1. The van der Waals surface area contributed by atoms with Gasteiger partial charge >= 0.3 is 5.97 Å². The maximum absolute atomic E-state index is 11.4. The van der Waals surface area contributed by atoms with E-state index in [1.54, 1.807) is 0 Å². The second kappa shape index (κ2) is 12.9. The van der Waals surface area contributed by atoms with E-state index in [0.29, 0.717) is 6.42 Å². The lowest BCUT2D eigenvalue weighted by molar-refractivity contribution is -0.148. The van der Waals surface area contributed by atoms with Gasteiger partial charge in [-0.2, -0.15) is 0 Å². The molecule has 0 unspecified atom stereocenters. The number of hydrogen-bond donors (Lipinski definition) is 0. The molecule has 0 aliphatic heterocycles. The fourth-order valence-corrected chi connectivity index (χ4v) is 1.95. The van der Waals surface area contributed by atoms with E-state index >= 15 is 0 Å². The Morgan fingerprint density at radius 1 is 0.889 bits per heavy atom. The van der Waals surface area contributed by atoms with Crippen LogP contribution in [0.25, 0.3) is 0 Å². The van der Waals surface area contributed by atoms with Gasteiger partial charge in [-0.15, -0.1) is 0 Å². The van der Waals surface area contributed by atoms with Crippen molar-refractivity contribution >= 4 is 5.97 Å². The molecule has 0 bridgehead atoms. The minimum atomic E-state index is -0.0210. The number of carbonyl (C=O) groups is 1. The summed E-state index contributed by atoms with van der Waals surface area (Å²) in [5, 5.41) is 0. The Morgan fingerprint density at radius 3 is 1.89 bits per heavy atom. The number of unbranched alkanes of at least 4 members (excludes halogenated alkanes) is 8. The summed E-state index contributed by atoms with van der Waals surface area (Å²) in [6.07, 6.45) is 13.2. The largest absolute Gasteiger partial charge is 0.463 e. The van der Waals surface area contributed by atoms with Gasteiger partial charge in [0, 0.05) is 6.42 Å². The van der Waals surface area contributed by atoms with E-state index in [1.807, 2.05) is 13.8 Å². The predicted molar refractivity (Wildman–Crippen MR) is 77.7 cm³/mol. The minimum Gasteiger partial charge on any atom is -0.463 e. The fraction of sp³-hybridized carbons (Fsp3) is 0.938. The van der Waals surface area contributed by atoms with Crippen LogP contribution in [0.4, 0.5) is 0 Å². The van der Waals surface area contributed by atoms with Crippen molar-refractivity contribution in [3.63, 3.8) is 0 Å². The molecule has 0 aromatic carbocycles. The Balaban J connectivity index is 3.17. The second-order valence-electron chi connectivity index (χ2n) is 5.29. The molecule has 18 heavy (non-hydrogen) atoms. The highest BCUT2D eigenvalue weighted by Crippen LogP contribution is 2.11. The summed E-state index contributed by atoms with van der Waals surface area (Å²) < 4.78 is 5.23. The molecule has 0 saturated carbocycles. The van der Waals surface area contributed by atoms with E-state index in [1.165, 1.54) is 51.4 Å². The molecule has 1 atom stereocenters. The topological polar surface area (TPSA) is 26.3 Å². The molecule has 0 spiro atoms. The van der Waals surface area contributed by atoms with Crippen molar-refractivity contribution in [2.75, 3.05) is 0 Å². The average Bonchev–Trinajstić information content (AvgIpc) is 2.36. The van der Waals surface area contributed by atoms with Gasteiger partial charge in [-0.25, -0.2) is 0 Å². The van der Waals surface area contributed by atoms with E-state index < -0.39 is 0 Å². The van der Waals surface area contributed by atoms with Crippen molar-refractivity contribution < 1.29 is 9.53 Å². The molecule has 0 aromatic heterocycles. The van der Waals surface area contributed by atoms with Crippen LogP contribution in [0.2, 0.25) is 0 Å². The summed E-state index contributed by atoms with van der Waals surface area (Å²) in [6, 6.07) is 0. The predicted octanol–water partition coefficient (Wildman–Crippen LogP) is 5.25. The number of ether oxygens (including phenoxy) is 1. The summed E-state index contributed by atoms with van der Waals surface area (Å²) in [4.78, 5) is 11.4. The van der Waals surface area contributed by atoms with Gasteiger partial charge in [0.15, 0.2) is 0 Å². The van der Waals surface area contributed by atoms with E-state index in [4.69, 9.17) is 4.74 Å². The van der Waals surface area contributed by atoms with Gasteiger partial charge in [0.25, 0.3) is 0 Å². The van der Waals surface area contributed by atoms with Crippen molar-refractivity contribution in [3.8, 4) is 0 Å². The van der Waals surface area contributed by atoms with Crippen LogP contribution in [0.1, 0.15) is 91.4 Å². The molecule has 0 aromatic rings. The van der Waals surface area contributed by atoms with Crippen LogP contribution in [0.3, 0.4) is 0 Å². The summed E-state index contributed by atoms with van der Waals surface area (Å²) in [6.45, 7) is 6.24. The van der Waals surface area contributed by atoms with Crippen molar-refractivity contribution in [2.45, 2.75) is 97.5 Å². The van der Waals surface area contributed by atoms with Crippen LogP contribution in [0, 0.1) is 0 Å². The Hall–Kier alpha value is -0.530. The van der Waals surface area contributed by atoms with E-state index in [-0.39, 0.29) is 12.1 Å². The lowest BCUT2D eigenvalue weighted by Gasteiger charge is -2.10. The number of hydrogen-bond acceptors (Lipinski definition) is 2. The van der Waals surface area contributed by atoms with Crippen LogP contribution in [-0.2, 0) is 9.53 Å². The Labute approximate surface area is 113 Å². The molecule has 2 heteroatoms. The zero-order valence-electron chi connectivity index (χ0n) is 12.7. The van der Waals surface area contributed by atoms with E-state index in [2.05, 4.69) is 6.92 Å². The molecule has 0 heterocycles. The van der Waals surface area contributed by atoms with Gasteiger partial charge in [0.1, 0.15) is 0 Å². The highest BCUT2D eigenvalue weighted by Gasteiger charge is 2.06. The molecule has 108 valence electrons. The van der Waals surface area contributed by atoms with Gasteiger partial charge in [0.05, 0.1) is 6.10 Å². The van der Waals surface area contributed by atoms with Crippen molar-refractivity contribution in [2.24, 2.45) is 0 Å². The third-order valence-corrected chi connectivity index (χ3v) is 3.39. The third-order valence-electron chi connectivity index (χ3n) is 3.39. The molecular formula is C16H32O2. The molecule has 0 rings (SSSR count). The molecule has 0 fully saturated rings. The third kappa shape index (κ3) is 11.9. The summed E-state index contributed by atoms with van der Waals surface area (Å²) >= 11 is 0. The molecule has 0 saturated heterocycles. The maximum atomic E-state index is 11.4. The zero-order chi connectivity index (χ0) is 13.6. The van der Waals surface area contributed by atoms with Gasteiger partial charge in [-0.1, -0.05) is 65.2 Å². The monoisotopic (exact) mass is 256 g/mol. The minimum absolute atomic E-state index is 0.0210. The van der Waals surface area contributed by atoms with Gasteiger partial charge in [-0.3, -0.25) is 4.79 Å². The normalized spacial score (nSPS) is 12.4. The van der Waals surface area contributed by atoms with Crippen LogP contribution in [0.15, 0.2) is 0 Å². The zero-order valence-corrected chi connectivity index (χ0v) is 12.7. The lowest BCUT2D eigenvalue weighted by atomic mass is 10.1. The highest BCUT2D eigenvalue weighted by atomic mass is 16.5. The van der Waals surface area contributed by atoms with E-state index in [9.17, 15) is 4.79 Å². The van der Waals surface area contributed by atoms with Crippen LogP contribution < -0.4 is 0 Å². The van der Waals surface area contributed by atoms with Gasteiger partial charge < -0.3 is 4.74 Å². The molecule has 0 aliphatic rings. The Kier molecular flexibility index (Phi) is 12.5. The molecular weight excluding hydrogens is 224 g/mol. The maximum Gasteiger partial charge on any atom is 0.306 e. The SMILES string of the molecule is CCCCCCCCCCCC(=O)O[C@@H](C)CC. The van der Waals surface area contributed by atoms with E-state index in [0.717, 1.165) is 12.8 Å². The van der Waals surface area contributed by atoms with Gasteiger partial charge in [-0.05, 0) is 19.8 Å². The summed E-state index contributed by atoms with van der Waals surface area (Å²) in [5.74, 6) is -0.0210. The lowest BCUT2D eigenvalue weighted by Crippen LogP contribution is -2.13. The molecule has 0 radical (unpaired) electrons. The highest BCUT2D eigenvalue weighted by molar-refractivity contribution is 5.69. The first-order valence-corrected chi connectivity index (χ1v) is 7.90. The average molecular weight is 256 g/mol. The molecule has 0 aliphatic carbocycles. The number of rotatable bonds is 12. The number of esters is 1. The molecule has 0 amide bonds.